The Morgan fingerprint density at radius 2 is 1.93 bits per heavy atom. The van der Waals surface area contributed by atoms with Crippen molar-refractivity contribution in [2.75, 3.05) is 13.1 Å². The molecule has 1 aromatic heterocycles. The zero-order valence-electron chi connectivity index (χ0n) is 16.9. The van der Waals surface area contributed by atoms with Crippen LogP contribution < -0.4 is 10.7 Å². The van der Waals surface area contributed by atoms with Crippen molar-refractivity contribution in [2.45, 2.75) is 50.7 Å². The first-order valence-corrected chi connectivity index (χ1v) is 11.6. The quantitative estimate of drug-likeness (QED) is 0.617. The van der Waals surface area contributed by atoms with Gasteiger partial charge in [-0.25, -0.2) is 0 Å². The fourth-order valence-corrected chi connectivity index (χ4v) is 6.02. The maximum Gasteiger partial charge on any atom is 0.307 e. The highest BCUT2D eigenvalue weighted by atomic mass is 32.1. The SMILES string of the molecule is O=C(O)Cc1ccc2sc3cc(C4CCN5CCCCCC5N4)ccc3c(=O)c2c1. The van der Waals surface area contributed by atoms with Gasteiger partial charge in [-0.05, 0) is 61.2 Å². The number of carbonyl (C=O) groups is 1. The lowest BCUT2D eigenvalue weighted by Crippen LogP contribution is -2.52. The van der Waals surface area contributed by atoms with E-state index in [9.17, 15) is 9.59 Å². The van der Waals surface area contributed by atoms with Gasteiger partial charge >= 0.3 is 5.97 Å². The second kappa shape index (κ2) is 8.10. The van der Waals surface area contributed by atoms with Crippen molar-refractivity contribution in [3.05, 3.63) is 57.7 Å². The van der Waals surface area contributed by atoms with Crippen LogP contribution in [0.5, 0.6) is 0 Å². The zero-order valence-corrected chi connectivity index (χ0v) is 17.7. The van der Waals surface area contributed by atoms with Gasteiger partial charge in [-0.15, -0.1) is 11.3 Å². The van der Waals surface area contributed by atoms with E-state index in [4.69, 9.17) is 5.11 Å². The third-order valence-corrected chi connectivity index (χ3v) is 7.61. The minimum atomic E-state index is -0.886. The average Bonchev–Trinajstić information content (AvgIpc) is 2.98. The third-order valence-electron chi connectivity index (χ3n) is 6.48. The number of hydrogen-bond donors (Lipinski definition) is 2. The van der Waals surface area contributed by atoms with E-state index < -0.39 is 5.97 Å². The highest BCUT2D eigenvalue weighted by Gasteiger charge is 2.29. The molecule has 6 heteroatoms. The van der Waals surface area contributed by atoms with Gasteiger partial charge in [0, 0.05) is 32.8 Å². The van der Waals surface area contributed by atoms with E-state index >= 15 is 0 Å². The maximum absolute atomic E-state index is 13.1. The van der Waals surface area contributed by atoms with E-state index in [1.807, 2.05) is 18.2 Å². The van der Waals surface area contributed by atoms with Crippen LogP contribution in [-0.4, -0.2) is 35.2 Å². The molecule has 0 bridgehead atoms. The Kier molecular flexibility index (Phi) is 5.31. The van der Waals surface area contributed by atoms with Crippen molar-refractivity contribution in [3.63, 3.8) is 0 Å². The lowest BCUT2D eigenvalue weighted by molar-refractivity contribution is -0.136. The number of nitrogens with one attached hydrogen (secondary N) is 1. The second-order valence-corrected chi connectivity index (χ2v) is 9.58. The summed E-state index contributed by atoms with van der Waals surface area (Å²) in [6.45, 7) is 2.32. The molecule has 3 aromatic rings. The number of fused-ring (bicyclic) bond motifs is 3. The standard InChI is InChI=1S/C24H26N2O3S/c27-23(28)13-15-5-8-20-18(12-15)24(29)17-7-6-16(14-21(17)30-20)19-9-11-26-10-3-1-2-4-22(26)25-19/h5-8,12,14,19,22,25H,1-4,9-11,13H2,(H,27,28). The molecule has 0 aliphatic carbocycles. The zero-order chi connectivity index (χ0) is 20.7. The van der Waals surface area contributed by atoms with Crippen LogP contribution in [0.2, 0.25) is 0 Å². The first-order chi connectivity index (χ1) is 14.6. The molecule has 3 heterocycles. The fourth-order valence-electron chi connectivity index (χ4n) is 4.92. The Morgan fingerprint density at radius 1 is 1.03 bits per heavy atom. The highest BCUT2D eigenvalue weighted by molar-refractivity contribution is 7.24. The maximum atomic E-state index is 13.1. The summed E-state index contributed by atoms with van der Waals surface area (Å²) in [5, 5.41) is 14.2. The Morgan fingerprint density at radius 3 is 2.80 bits per heavy atom. The Bertz CT molecular complexity index is 1170. The summed E-state index contributed by atoms with van der Waals surface area (Å²) in [7, 11) is 0. The molecule has 5 nitrogen and oxygen atoms in total. The van der Waals surface area contributed by atoms with Gasteiger partial charge in [-0.3, -0.25) is 19.8 Å². The van der Waals surface area contributed by atoms with E-state index in [0.29, 0.717) is 23.2 Å². The molecule has 2 aliphatic heterocycles. The number of carboxylic acids is 1. The normalized spacial score (nSPS) is 22.7. The number of rotatable bonds is 3. The molecule has 0 amide bonds. The molecular formula is C24H26N2O3S. The van der Waals surface area contributed by atoms with Crippen molar-refractivity contribution >= 4 is 37.5 Å². The Hall–Kier alpha value is -2.28. The van der Waals surface area contributed by atoms with Crippen LogP contribution in [0.25, 0.3) is 20.2 Å². The molecule has 0 radical (unpaired) electrons. The van der Waals surface area contributed by atoms with Gasteiger partial charge in [0.15, 0.2) is 5.43 Å². The van der Waals surface area contributed by atoms with Crippen molar-refractivity contribution in [1.82, 2.24) is 10.2 Å². The number of benzene rings is 2. The van der Waals surface area contributed by atoms with Gasteiger partial charge in [0.1, 0.15) is 0 Å². The molecule has 2 atom stereocenters. The number of aliphatic carboxylic acids is 1. The van der Waals surface area contributed by atoms with Crippen molar-refractivity contribution < 1.29 is 9.90 Å². The first-order valence-electron chi connectivity index (χ1n) is 10.8. The van der Waals surface area contributed by atoms with Gasteiger partial charge in [0.05, 0.1) is 12.6 Å². The third kappa shape index (κ3) is 3.75. The summed E-state index contributed by atoms with van der Waals surface area (Å²) in [5.41, 5.74) is 1.91. The van der Waals surface area contributed by atoms with Crippen LogP contribution in [0.4, 0.5) is 0 Å². The molecule has 5 rings (SSSR count). The largest absolute Gasteiger partial charge is 0.481 e. The lowest BCUT2D eigenvalue weighted by Gasteiger charge is -2.40. The van der Waals surface area contributed by atoms with E-state index in [1.165, 1.54) is 37.8 Å². The van der Waals surface area contributed by atoms with Gasteiger partial charge < -0.3 is 5.11 Å². The second-order valence-electron chi connectivity index (χ2n) is 8.50. The lowest BCUT2D eigenvalue weighted by atomic mass is 9.98. The minimum absolute atomic E-state index is 0.0101. The van der Waals surface area contributed by atoms with Crippen LogP contribution in [0.1, 0.15) is 49.3 Å². The molecule has 0 saturated carbocycles. The highest BCUT2D eigenvalue weighted by Crippen LogP contribution is 2.31. The number of hydrogen-bond acceptors (Lipinski definition) is 5. The summed E-state index contributed by atoms with van der Waals surface area (Å²) < 4.78 is 1.91. The van der Waals surface area contributed by atoms with Crippen LogP contribution in [0, 0.1) is 0 Å². The van der Waals surface area contributed by atoms with E-state index in [2.05, 4.69) is 22.3 Å². The minimum Gasteiger partial charge on any atom is -0.481 e. The summed E-state index contributed by atoms with van der Waals surface area (Å²) in [6.07, 6.45) is 6.60. The molecule has 0 spiro atoms. The van der Waals surface area contributed by atoms with Crippen molar-refractivity contribution in [1.29, 1.82) is 0 Å². The van der Waals surface area contributed by atoms with Crippen molar-refractivity contribution in [2.24, 2.45) is 0 Å². The molecule has 2 aromatic carbocycles. The van der Waals surface area contributed by atoms with Crippen LogP contribution in [-0.2, 0) is 11.2 Å². The Balaban J connectivity index is 1.49. The Labute approximate surface area is 179 Å². The predicted molar refractivity (Wildman–Crippen MR) is 121 cm³/mol. The fraction of sp³-hybridized carbons (Fsp3) is 0.417. The van der Waals surface area contributed by atoms with Crippen molar-refractivity contribution in [3.8, 4) is 0 Å². The first kappa shape index (κ1) is 19.7. The summed E-state index contributed by atoms with van der Waals surface area (Å²) in [5.74, 6) is -0.886. The molecule has 156 valence electrons. The van der Waals surface area contributed by atoms with E-state index in [1.54, 1.807) is 17.4 Å². The van der Waals surface area contributed by atoms with Gasteiger partial charge in [0.25, 0.3) is 0 Å². The van der Waals surface area contributed by atoms with Crippen LogP contribution in [0.3, 0.4) is 0 Å². The van der Waals surface area contributed by atoms with Crippen LogP contribution in [0.15, 0.2) is 41.2 Å². The molecule has 2 saturated heterocycles. The predicted octanol–water partition coefficient (Wildman–Crippen LogP) is 4.28. The number of carboxylic acid groups (broad SMARTS) is 1. The van der Waals surface area contributed by atoms with Gasteiger partial charge in [-0.1, -0.05) is 25.0 Å². The monoisotopic (exact) mass is 422 g/mol. The molecule has 2 unspecified atom stereocenters. The molecular weight excluding hydrogens is 396 g/mol. The summed E-state index contributed by atoms with van der Waals surface area (Å²) >= 11 is 1.61. The van der Waals surface area contributed by atoms with E-state index in [0.717, 1.165) is 27.8 Å². The molecule has 2 N–H and O–H groups in total. The molecule has 2 aliphatic rings. The summed E-state index contributed by atoms with van der Waals surface area (Å²) in [4.78, 5) is 26.7. The smallest absolute Gasteiger partial charge is 0.307 e. The average molecular weight is 423 g/mol. The molecule has 30 heavy (non-hydrogen) atoms. The van der Waals surface area contributed by atoms with Crippen LogP contribution >= 0.6 is 11.3 Å². The topological polar surface area (TPSA) is 69.6 Å². The summed E-state index contributed by atoms with van der Waals surface area (Å²) in [6, 6.07) is 12.0. The van der Waals surface area contributed by atoms with Gasteiger partial charge in [-0.2, -0.15) is 0 Å². The van der Waals surface area contributed by atoms with E-state index in [-0.39, 0.29) is 11.8 Å². The van der Waals surface area contributed by atoms with Gasteiger partial charge in [0.2, 0.25) is 0 Å². The molecule has 2 fully saturated rings. The number of nitrogens with zero attached hydrogens (tertiary/aromatic N) is 1.